The lowest BCUT2D eigenvalue weighted by molar-refractivity contribution is 0.0942. The first-order valence-electron chi connectivity index (χ1n) is 10.2. The number of nitrogens with one attached hydrogen (secondary N) is 1. The van der Waals surface area contributed by atoms with Gasteiger partial charge in [-0.2, -0.15) is 0 Å². The van der Waals surface area contributed by atoms with Gasteiger partial charge in [0.05, 0.1) is 28.3 Å². The van der Waals surface area contributed by atoms with Crippen LogP contribution in [0.4, 0.5) is 0 Å². The summed E-state index contributed by atoms with van der Waals surface area (Å²) in [5.41, 5.74) is 5.48. The van der Waals surface area contributed by atoms with Crippen molar-refractivity contribution < 1.29 is 13.2 Å². The number of fused-ring (bicyclic) bond motifs is 2. The van der Waals surface area contributed by atoms with Gasteiger partial charge in [0.25, 0.3) is 5.91 Å². The molecule has 0 bridgehead atoms. The minimum absolute atomic E-state index is 0.0170. The van der Waals surface area contributed by atoms with Gasteiger partial charge in [0.1, 0.15) is 0 Å². The second kappa shape index (κ2) is 7.36. The average Bonchev–Trinajstić information content (AvgIpc) is 3.29. The average molecular weight is 419 g/mol. The topological polar surface area (TPSA) is 76.1 Å². The van der Waals surface area contributed by atoms with Crippen LogP contribution >= 0.6 is 0 Å². The van der Waals surface area contributed by atoms with Crippen LogP contribution in [0.15, 0.2) is 54.6 Å². The highest BCUT2D eigenvalue weighted by Crippen LogP contribution is 2.37. The van der Waals surface area contributed by atoms with Gasteiger partial charge in [-0.05, 0) is 48.1 Å². The molecule has 1 atom stereocenters. The van der Waals surface area contributed by atoms with Crippen molar-refractivity contribution in [1.82, 2.24) is 10.3 Å². The summed E-state index contributed by atoms with van der Waals surface area (Å²) in [5, 5.41) is 3.79. The van der Waals surface area contributed by atoms with Gasteiger partial charge in [0.15, 0.2) is 9.84 Å². The Bertz CT molecular complexity index is 1280. The first kappa shape index (κ1) is 19.0. The Labute approximate surface area is 175 Å². The maximum absolute atomic E-state index is 13.3. The first-order chi connectivity index (χ1) is 14.5. The molecule has 1 amide bonds. The van der Waals surface area contributed by atoms with Gasteiger partial charge >= 0.3 is 0 Å². The zero-order chi connectivity index (χ0) is 20.7. The molecular weight excluding hydrogens is 396 g/mol. The molecule has 30 heavy (non-hydrogen) atoms. The van der Waals surface area contributed by atoms with E-state index < -0.39 is 9.84 Å². The smallest absolute Gasteiger partial charge is 0.252 e. The van der Waals surface area contributed by atoms with Crippen LogP contribution < -0.4 is 5.32 Å². The molecule has 5 nitrogen and oxygen atoms in total. The summed E-state index contributed by atoms with van der Waals surface area (Å²) in [6, 6.07) is 17.4. The lowest BCUT2D eigenvalue weighted by atomic mass is 9.99. The lowest BCUT2D eigenvalue weighted by Crippen LogP contribution is -2.36. The zero-order valence-corrected chi connectivity index (χ0v) is 17.3. The van der Waals surface area contributed by atoms with Crippen LogP contribution in [-0.4, -0.2) is 36.9 Å². The van der Waals surface area contributed by atoms with Crippen LogP contribution in [0.1, 0.15) is 40.0 Å². The van der Waals surface area contributed by atoms with Crippen LogP contribution in [0.3, 0.4) is 0 Å². The van der Waals surface area contributed by atoms with Crippen molar-refractivity contribution in [1.29, 1.82) is 0 Å². The van der Waals surface area contributed by atoms with Gasteiger partial charge < -0.3 is 5.32 Å². The molecule has 5 rings (SSSR count). The summed E-state index contributed by atoms with van der Waals surface area (Å²) in [6.07, 6.45) is 4.18. The number of rotatable bonds is 3. The Kier molecular flexibility index (Phi) is 4.66. The van der Waals surface area contributed by atoms with Crippen molar-refractivity contribution in [2.75, 3.05) is 11.5 Å². The molecule has 3 aromatic rings. The Morgan fingerprint density at radius 3 is 2.57 bits per heavy atom. The molecule has 2 aliphatic rings. The molecule has 1 unspecified atom stereocenters. The summed E-state index contributed by atoms with van der Waals surface area (Å²) in [6.45, 7) is 0. The monoisotopic (exact) mass is 418 g/mol. The highest BCUT2D eigenvalue weighted by Gasteiger charge is 2.32. The number of hydrogen-bond acceptors (Lipinski definition) is 4. The predicted molar refractivity (Wildman–Crippen MR) is 119 cm³/mol. The molecule has 0 saturated carbocycles. The van der Waals surface area contributed by atoms with E-state index in [9.17, 15) is 13.2 Å². The summed E-state index contributed by atoms with van der Waals surface area (Å²) in [4.78, 5) is 18.2. The van der Waals surface area contributed by atoms with Crippen molar-refractivity contribution in [2.45, 2.75) is 25.3 Å². The van der Waals surface area contributed by atoms with Gasteiger partial charge in [-0.3, -0.25) is 4.79 Å². The molecule has 1 aromatic heterocycles. The number of benzene rings is 2. The molecular formula is C24H22N2O3S. The number of amides is 1. The third-order valence-electron chi connectivity index (χ3n) is 5.88. The number of hydrogen-bond donors (Lipinski definition) is 1. The second-order valence-electron chi connectivity index (χ2n) is 7.98. The number of nitrogens with zero attached hydrogens (tertiary/aromatic N) is 1. The molecule has 2 heterocycles. The van der Waals surface area contributed by atoms with Crippen LogP contribution in [0, 0.1) is 0 Å². The van der Waals surface area contributed by atoms with E-state index in [1.165, 1.54) is 0 Å². The van der Waals surface area contributed by atoms with E-state index in [1.807, 2.05) is 42.5 Å². The molecule has 0 radical (unpaired) electrons. The van der Waals surface area contributed by atoms with Gasteiger partial charge in [0.2, 0.25) is 0 Å². The van der Waals surface area contributed by atoms with Crippen molar-refractivity contribution in [3.05, 3.63) is 77.0 Å². The maximum atomic E-state index is 13.3. The minimum Gasteiger partial charge on any atom is -0.348 e. The molecule has 1 aliphatic heterocycles. The number of pyridine rings is 1. The van der Waals surface area contributed by atoms with E-state index in [1.54, 1.807) is 0 Å². The van der Waals surface area contributed by atoms with Gasteiger partial charge in [-0.15, -0.1) is 0 Å². The predicted octanol–water partition coefficient (Wildman–Crippen LogP) is 3.64. The minimum atomic E-state index is -3.06. The van der Waals surface area contributed by atoms with E-state index in [2.05, 4.69) is 23.5 Å². The van der Waals surface area contributed by atoms with Crippen molar-refractivity contribution in [2.24, 2.45) is 0 Å². The lowest BCUT2D eigenvalue weighted by Gasteiger charge is -2.15. The van der Waals surface area contributed by atoms with E-state index >= 15 is 0 Å². The van der Waals surface area contributed by atoms with Crippen molar-refractivity contribution >= 4 is 38.3 Å². The van der Waals surface area contributed by atoms with Gasteiger partial charge in [0, 0.05) is 11.4 Å². The third-order valence-corrected chi connectivity index (χ3v) is 7.64. The largest absolute Gasteiger partial charge is 0.348 e. The molecule has 6 heteroatoms. The number of carbonyl (C=O) groups excluding carboxylic acids is 1. The summed E-state index contributed by atoms with van der Waals surface area (Å²) in [5.74, 6) is -0.0480. The van der Waals surface area contributed by atoms with E-state index in [4.69, 9.17) is 4.98 Å². The molecule has 1 fully saturated rings. The Morgan fingerprint density at radius 1 is 1.03 bits per heavy atom. The van der Waals surface area contributed by atoms with Crippen molar-refractivity contribution in [3.63, 3.8) is 0 Å². The third kappa shape index (κ3) is 3.52. The molecule has 0 spiro atoms. The molecule has 152 valence electrons. The van der Waals surface area contributed by atoms with Gasteiger partial charge in [-0.25, -0.2) is 13.4 Å². The standard InChI is InChI=1S/C24H22N2O3S/c27-24(25-18-12-13-30(28,29)15-18)22-19-8-4-5-9-21(19)26-23-17(10-11-20(22)23)14-16-6-2-1-3-7-16/h1-9,14,18H,10-13,15H2,(H,25,27)/b17-14-. The summed E-state index contributed by atoms with van der Waals surface area (Å²) >= 11 is 0. The highest BCUT2D eigenvalue weighted by atomic mass is 32.2. The van der Waals surface area contributed by atoms with E-state index in [0.717, 1.165) is 46.1 Å². The quantitative estimate of drug-likeness (QED) is 0.705. The molecule has 1 saturated heterocycles. The van der Waals surface area contributed by atoms with Crippen LogP contribution in [0.2, 0.25) is 0 Å². The number of para-hydroxylation sites is 1. The van der Waals surface area contributed by atoms with E-state index in [-0.39, 0.29) is 23.5 Å². The fourth-order valence-electron chi connectivity index (χ4n) is 4.46. The first-order valence-corrected chi connectivity index (χ1v) is 12.0. The fourth-order valence-corrected chi connectivity index (χ4v) is 6.13. The number of sulfone groups is 1. The summed E-state index contributed by atoms with van der Waals surface area (Å²) < 4.78 is 23.6. The normalized spacial score (nSPS) is 21.1. The molecule has 1 N–H and O–H groups in total. The van der Waals surface area contributed by atoms with Crippen molar-refractivity contribution in [3.8, 4) is 0 Å². The SMILES string of the molecule is O=C(NC1CCS(=O)(=O)C1)c1c2c(nc3ccccc13)/C(=C\c1ccccc1)CC2. The summed E-state index contributed by atoms with van der Waals surface area (Å²) in [7, 11) is -3.06. The Morgan fingerprint density at radius 2 is 1.80 bits per heavy atom. The molecule has 1 aliphatic carbocycles. The second-order valence-corrected chi connectivity index (χ2v) is 10.2. The zero-order valence-electron chi connectivity index (χ0n) is 16.5. The Hall–Kier alpha value is -2.99. The maximum Gasteiger partial charge on any atom is 0.252 e. The highest BCUT2D eigenvalue weighted by molar-refractivity contribution is 7.91. The number of allylic oxidation sites excluding steroid dienone is 1. The number of carbonyl (C=O) groups is 1. The Balaban J connectivity index is 1.59. The van der Waals surface area contributed by atoms with Gasteiger partial charge in [-0.1, -0.05) is 48.5 Å². The molecule has 2 aromatic carbocycles. The number of aromatic nitrogens is 1. The van der Waals surface area contributed by atoms with E-state index in [0.29, 0.717) is 12.0 Å². The van der Waals surface area contributed by atoms with Crippen LogP contribution in [-0.2, 0) is 16.3 Å². The fraction of sp³-hybridized carbons (Fsp3) is 0.250. The van der Waals surface area contributed by atoms with Crippen LogP contribution in [0.25, 0.3) is 22.6 Å². The van der Waals surface area contributed by atoms with Crippen LogP contribution in [0.5, 0.6) is 0 Å².